The average molecular weight is 352 g/mol. The summed E-state index contributed by atoms with van der Waals surface area (Å²) in [6, 6.07) is 17.4. The van der Waals surface area contributed by atoms with Crippen LogP contribution in [0.1, 0.15) is 30.8 Å². The zero-order valence-corrected chi connectivity index (χ0v) is 14.9. The number of rotatable bonds is 9. The lowest BCUT2D eigenvalue weighted by Gasteiger charge is -2.06. The lowest BCUT2D eigenvalue weighted by molar-refractivity contribution is 0.199. The first-order valence-corrected chi connectivity index (χ1v) is 8.84. The topological polar surface area (TPSA) is 67.5 Å². The molecule has 1 aromatic carbocycles. The van der Waals surface area contributed by atoms with Crippen LogP contribution < -0.4 is 10.1 Å². The molecule has 0 amide bonds. The molecule has 0 saturated heterocycles. The molecule has 0 saturated carbocycles. The zero-order valence-electron chi connectivity index (χ0n) is 14.9. The summed E-state index contributed by atoms with van der Waals surface area (Å²) >= 11 is 0. The molecule has 3 rings (SSSR count). The summed E-state index contributed by atoms with van der Waals surface area (Å²) in [5.74, 6) is 2.38. The summed E-state index contributed by atoms with van der Waals surface area (Å²) in [5.41, 5.74) is 1.90. The van der Waals surface area contributed by atoms with Gasteiger partial charge in [0, 0.05) is 17.8 Å². The van der Waals surface area contributed by atoms with Gasteiger partial charge in [0.2, 0.25) is 5.88 Å². The monoisotopic (exact) mass is 352 g/mol. The number of benzene rings is 1. The second-order valence-electron chi connectivity index (χ2n) is 6.11. The maximum Gasteiger partial charge on any atom is 0.213 e. The van der Waals surface area contributed by atoms with Crippen LogP contribution in [0.15, 0.2) is 65.2 Å². The number of ether oxygens (including phenoxy) is 1. The van der Waals surface area contributed by atoms with Crippen molar-refractivity contribution in [1.29, 1.82) is 0 Å². The summed E-state index contributed by atoms with van der Waals surface area (Å²) < 4.78 is 11.4. The van der Waals surface area contributed by atoms with E-state index < -0.39 is 6.10 Å². The molecule has 1 atom stereocenters. The van der Waals surface area contributed by atoms with Crippen molar-refractivity contribution in [2.75, 3.05) is 13.2 Å². The molecule has 5 nitrogen and oxygen atoms in total. The molecule has 0 bridgehead atoms. The molecule has 2 N–H and O–H groups in total. The predicted molar refractivity (Wildman–Crippen MR) is 101 cm³/mol. The van der Waals surface area contributed by atoms with E-state index in [9.17, 15) is 5.11 Å². The largest absolute Gasteiger partial charge is 0.478 e. The van der Waals surface area contributed by atoms with Crippen molar-refractivity contribution in [2.24, 2.45) is 0 Å². The van der Waals surface area contributed by atoms with Crippen LogP contribution in [0.3, 0.4) is 0 Å². The molecule has 5 heteroatoms. The summed E-state index contributed by atoms with van der Waals surface area (Å²) in [6.45, 7) is 3.90. The van der Waals surface area contributed by atoms with Gasteiger partial charge < -0.3 is 19.6 Å². The fourth-order valence-corrected chi connectivity index (χ4v) is 2.57. The SMILES string of the molecule is C[C@H](O)c1ccc(-c2ccc(CNCCCOc3ccccn3)o2)cc1. The highest BCUT2D eigenvalue weighted by molar-refractivity contribution is 5.58. The van der Waals surface area contributed by atoms with Gasteiger partial charge in [0.1, 0.15) is 11.5 Å². The third kappa shape index (κ3) is 5.18. The molecule has 0 aliphatic rings. The first-order valence-electron chi connectivity index (χ1n) is 8.84. The van der Waals surface area contributed by atoms with E-state index in [1.807, 2.05) is 54.6 Å². The van der Waals surface area contributed by atoms with Crippen molar-refractivity contribution >= 4 is 0 Å². The Morgan fingerprint density at radius 1 is 1.12 bits per heavy atom. The Labute approximate surface area is 153 Å². The van der Waals surface area contributed by atoms with Crippen molar-refractivity contribution in [3.8, 4) is 17.2 Å². The van der Waals surface area contributed by atoms with Crippen LogP contribution in [0.25, 0.3) is 11.3 Å². The molecular formula is C21H24N2O3. The lowest BCUT2D eigenvalue weighted by Crippen LogP contribution is -2.16. The number of aliphatic hydroxyl groups excluding tert-OH is 1. The minimum Gasteiger partial charge on any atom is -0.478 e. The standard InChI is InChI=1S/C21H24N2O3/c1-16(24)17-6-8-18(9-7-17)20-11-10-19(26-20)15-22-12-4-14-25-21-5-2-3-13-23-21/h2-3,5-11,13,16,22,24H,4,12,14-15H2,1H3/t16-/m0/s1. The maximum absolute atomic E-state index is 9.57. The Bertz CT molecular complexity index is 783. The third-order valence-electron chi connectivity index (χ3n) is 4.02. The molecule has 2 aromatic heterocycles. The molecule has 0 fully saturated rings. The molecule has 0 unspecified atom stereocenters. The molecule has 3 aromatic rings. The van der Waals surface area contributed by atoms with E-state index >= 15 is 0 Å². The molecule has 136 valence electrons. The molecule has 0 spiro atoms. The van der Waals surface area contributed by atoms with Crippen LogP contribution >= 0.6 is 0 Å². The number of aliphatic hydroxyl groups is 1. The van der Waals surface area contributed by atoms with E-state index in [0.29, 0.717) is 19.0 Å². The van der Waals surface area contributed by atoms with Gasteiger partial charge in [0.05, 0.1) is 19.3 Å². The summed E-state index contributed by atoms with van der Waals surface area (Å²) in [5, 5.41) is 12.9. The van der Waals surface area contributed by atoms with Crippen LogP contribution in [0, 0.1) is 0 Å². The normalized spacial score (nSPS) is 12.1. The fraction of sp³-hybridized carbons (Fsp3) is 0.286. The average Bonchev–Trinajstić information content (AvgIpc) is 3.14. The number of nitrogens with zero attached hydrogens (tertiary/aromatic N) is 1. The van der Waals surface area contributed by atoms with Gasteiger partial charge in [-0.15, -0.1) is 0 Å². The Morgan fingerprint density at radius 3 is 2.69 bits per heavy atom. The van der Waals surface area contributed by atoms with Crippen molar-refractivity contribution in [2.45, 2.75) is 26.0 Å². The Balaban J connectivity index is 1.39. The fourth-order valence-electron chi connectivity index (χ4n) is 2.57. The second-order valence-corrected chi connectivity index (χ2v) is 6.11. The number of hydrogen-bond acceptors (Lipinski definition) is 5. The van der Waals surface area contributed by atoms with Gasteiger partial charge in [-0.05, 0) is 43.7 Å². The maximum atomic E-state index is 9.57. The van der Waals surface area contributed by atoms with E-state index in [1.54, 1.807) is 13.1 Å². The highest BCUT2D eigenvalue weighted by Gasteiger charge is 2.06. The van der Waals surface area contributed by atoms with E-state index in [0.717, 1.165) is 35.6 Å². The Morgan fingerprint density at radius 2 is 1.96 bits per heavy atom. The van der Waals surface area contributed by atoms with Gasteiger partial charge in [-0.1, -0.05) is 30.3 Å². The quantitative estimate of drug-likeness (QED) is 0.571. The number of furan rings is 1. The van der Waals surface area contributed by atoms with Crippen molar-refractivity contribution in [3.05, 3.63) is 72.1 Å². The smallest absolute Gasteiger partial charge is 0.213 e. The summed E-state index contributed by atoms with van der Waals surface area (Å²) in [4.78, 5) is 4.12. The van der Waals surface area contributed by atoms with Crippen LogP contribution in [0.4, 0.5) is 0 Å². The predicted octanol–water partition coefficient (Wildman–Crippen LogP) is 3.95. The third-order valence-corrected chi connectivity index (χ3v) is 4.02. The van der Waals surface area contributed by atoms with Crippen LogP contribution in [-0.4, -0.2) is 23.2 Å². The van der Waals surface area contributed by atoms with Crippen LogP contribution in [0.2, 0.25) is 0 Å². The van der Waals surface area contributed by atoms with Gasteiger partial charge >= 0.3 is 0 Å². The van der Waals surface area contributed by atoms with E-state index in [-0.39, 0.29) is 0 Å². The van der Waals surface area contributed by atoms with Gasteiger partial charge in [-0.2, -0.15) is 0 Å². The first kappa shape index (κ1) is 18.2. The molecular weight excluding hydrogens is 328 g/mol. The second kappa shape index (κ2) is 9.17. The zero-order chi connectivity index (χ0) is 18.2. The minimum atomic E-state index is -0.456. The van der Waals surface area contributed by atoms with Gasteiger partial charge in [-0.25, -0.2) is 4.98 Å². The van der Waals surface area contributed by atoms with E-state index in [2.05, 4.69) is 10.3 Å². The van der Waals surface area contributed by atoms with Gasteiger partial charge in [0.25, 0.3) is 0 Å². The van der Waals surface area contributed by atoms with E-state index in [4.69, 9.17) is 9.15 Å². The van der Waals surface area contributed by atoms with Crippen molar-refractivity contribution in [3.63, 3.8) is 0 Å². The number of hydrogen-bond donors (Lipinski definition) is 2. The highest BCUT2D eigenvalue weighted by Crippen LogP contribution is 2.24. The number of nitrogens with one attached hydrogen (secondary N) is 1. The number of aromatic nitrogens is 1. The Kier molecular flexibility index (Phi) is 6.41. The van der Waals surface area contributed by atoms with Crippen LogP contribution in [0.5, 0.6) is 5.88 Å². The van der Waals surface area contributed by atoms with Crippen molar-refractivity contribution in [1.82, 2.24) is 10.3 Å². The van der Waals surface area contributed by atoms with Crippen LogP contribution in [-0.2, 0) is 6.54 Å². The molecule has 26 heavy (non-hydrogen) atoms. The van der Waals surface area contributed by atoms with Gasteiger partial charge in [-0.3, -0.25) is 0 Å². The highest BCUT2D eigenvalue weighted by atomic mass is 16.5. The molecule has 0 aliphatic carbocycles. The molecule has 2 heterocycles. The molecule has 0 radical (unpaired) electrons. The van der Waals surface area contributed by atoms with E-state index in [1.165, 1.54) is 0 Å². The lowest BCUT2D eigenvalue weighted by atomic mass is 10.1. The minimum absolute atomic E-state index is 0.456. The Hall–Kier alpha value is -2.63. The number of pyridine rings is 1. The van der Waals surface area contributed by atoms with Crippen molar-refractivity contribution < 1.29 is 14.3 Å². The first-order chi connectivity index (χ1) is 12.7. The molecule has 0 aliphatic heterocycles. The summed E-state index contributed by atoms with van der Waals surface area (Å²) in [6.07, 6.45) is 2.16. The summed E-state index contributed by atoms with van der Waals surface area (Å²) in [7, 11) is 0. The van der Waals surface area contributed by atoms with Gasteiger partial charge in [0.15, 0.2) is 0 Å².